The van der Waals surface area contributed by atoms with Gasteiger partial charge in [0.05, 0.1) is 5.69 Å². The van der Waals surface area contributed by atoms with E-state index in [9.17, 15) is 18.0 Å². The standard InChI is InChI=1S/C18H21F3N4O/c1-12-10-14(6-8-22-12)17(26)23-11-13-2-4-15(5-3-13)25-9-7-16(24-25)18(19,20)21/h2-5,7,9,12,14,22H,6,8,10-11H2,1H3,(H,23,26)/t12-,14-/m0/s1. The summed E-state index contributed by atoms with van der Waals surface area (Å²) >= 11 is 0. The number of alkyl halides is 3. The number of halogens is 3. The van der Waals surface area contributed by atoms with Gasteiger partial charge in [0.15, 0.2) is 5.69 Å². The van der Waals surface area contributed by atoms with Gasteiger partial charge >= 0.3 is 6.18 Å². The Morgan fingerprint density at radius 1 is 1.31 bits per heavy atom. The second-order valence-corrected chi connectivity index (χ2v) is 6.60. The largest absolute Gasteiger partial charge is 0.435 e. The molecule has 26 heavy (non-hydrogen) atoms. The van der Waals surface area contributed by atoms with Gasteiger partial charge in [0, 0.05) is 24.7 Å². The van der Waals surface area contributed by atoms with Gasteiger partial charge in [0.1, 0.15) is 0 Å². The molecule has 2 heterocycles. The lowest BCUT2D eigenvalue weighted by Crippen LogP contribution is -2.42. The first kappa shape index (κ1) is 18.4. The summed E-state index contributed by atoms with van der Waals surface area (Å²) in [6.45, 7) is 3.31. The minimum absolute atomic E-state index is 0.0235. The minimum Gasteiger partial charge on any atom is -0.352 e. The molecule has 1 aliphatic rings. The van der Waals surface area contributed by atoms with E-state index in [0.717, 1.165) is 31.0 Å². The second kappa shape index (κ2) is 7.49. The maximum atomic E-state index is 12.6. The first-order chi connectivity index (χ1) is 12.3. The van der Waals surface area contributed by atoms with Gasteiger partial charge in [-0.1, -0.05) is 12.1 Å². The number of amides is 1. The van der Waals surface area contributed by atoms with Crippen LogP contribution < -0.4 is 10.6 Å². The van der Waals surface area contributed by atoms with Crippen LogP contribution in [0.1, 0.15) is 31.0 Å². The van der Waals surface area contributed by atoms with Gasteiger partial charge in [-0.05, 0) is 50.1 Å². The number of rotatable bonds is 4. The van der Waals surface area contributed by atoms with Gasteiger partial charge in [0.25, 0.3) is 0 Å². The average molecular weight is 366 g/mol. The van der Waals surface area contributed by atoms with E-state index in [1.165, 1.54) is 10.9 Å². The number of carbonyl (C=O) groups is 1. The van der Waals surface area contributed by atoms with E-state index in [-0.39, 0.29) is 11.8 Å². The van der Waals surface area contributed by atoms with E-state index in [1.807, 2.05) is 0 Å². The SMILES string of the molecule is C[C@H]1C[C@@H](C(=O)NCc2ccc(-n3ccc(C(F)(F)F)n3)cc2)CCN1. The van der Waals surface area contributed by atoms with E-state index in [1.54, 1.807) is 24.3 Å². The predicted molar refractivity (Wildman–Crippen MR) is 90.6 cm³/mol. The van der Waals surface area contributed by atoms with E-state index in [4.69, 9.17) is 0 Å². The summed E-state index contributed by atoms with van der Waals surface area (Å²) in [7, 11) is 0. The van der Waals surface area contributed by atoms with Crippen LogP contribution in [0.15, 0.2) is 36.5 Å². The Morgan fingerprint density at radius 3 is 2.65 bits per heavy atom. The Labute approximate surface area is 149 Å². The fraction of sp³-hybridized carbons (Fsp3) is 0.444. The van der Waals surface area contributed by atoms with Crippen molar-refractivity contribution in [1.29, 1.82) is 0 Å². The van der Waals surface area contributed by atoms with E-state index in [0.29, 0.717) is 18.3 Å². The molecule has 1 amide bonds. The zero-order valence-electron chi connectivity index (χ0n) is 14.4. The molecule has 1 aromatic heterocycles. The maximum Gasteiger partial charge on any atom is 0.435 e. The lowest BCUT2D eigenvalue weighted by molar-refractivity contribution is -0.141. The summed E-state index contributed by atoms with van der Waals surface area (Å²) in [5, 5.41) is 9.79. The first-order valence-corrected chi connectivity index (χ1v) is 8.56. The van der Waals surface area contributed by atoms with Crippen molar-refractivity contribution >= 4 is 5.91 Å². The van der Waals surface area contributed by atoms with Gasteiger partial charge in [-0.25, -0.2) is 4.68 Å². The molecular weight excluding hydrogens is 345 g/mol. The lowest BCUT2D eigenvalue weighted by atomic mass is 9.92. The number of aromatic nitrogens is 2. The monoisotopic (exact) mass is 366 g/mol. The molecule has 2 N–H and O–H groups in total. The van der Waals surface area contributed by atoms with E-state index >= 15 is 0 Å². The van der Waals surface area contributed by atoms with Gasteiger partial charge in [-0.2, -0.15) is 18.3 Å². The number of nitrogens with zero attached hydrogens (tertiary/aromatic N) is 2. The number of nitrogens with one attached hydrogen (secondary N) is 2. The molecule has 5 nitrogen and oxygen atoms in total. The Morgan fingerprint density at radius 2 is 2.04 bits per heavy atom. The smallest absolute Gasteiger partial charge is 0.352 e. The van der Waals surface area contributed by atoms with Crippen molar-refractivity contribution in [2.45, 2.75) is 38.5 Å². The van der Waals surface area contributed by atoms with Crippen LogP contribution >= 0.6 is 0 Å². The minimum atomic E-state index is -4.46. The Hall–Kier alpha value is -2.35. The molecule has 0 radical (unpaired) electrons. The molecule has 0 saturated carbocycles. The van der Waals surface area contributed by atoms with Crippen molar-refractivity contribution < 1.29 is 18.0 Å². The molecule has 2 aromatic rings. The number of benzene rings is 1. The van der Waals surface area contributed by atoms with Crippen molar-refractivity contribution in [3.05, 3.63) is 47.8 Å². The summed E-state index contributed by atoms with van der Waals surface area (Å²) in [5.74, 6) is 0.0692. The second-order valence-electron chi connectivity index (χ2n) is 6.60. The van der Waals surface area contributed by atoms with Crippen LogP contribution in [-0.4, -0.2) is 28.3 Å². The van der Waals surface area contributed by atoms with Crippen molar-refractivity contribution in [2.75, 3.05) is 6.54 Å². The molecule has 140 valence electrons. The van der Waals surface area contributed by atoms with Crippen molar-refractivity contribution in [2.24, 2.45) is 5.92 Å². The highest BCUT2D eigenvalue weighted by Gasteiger charge is 2.33. The predicted octanol–water partition coefficient (Wildman–Crippen LogP) is 2.90. The molecule has 2 atom stereocenters. The topological polar surface area (TPSA) is 59.0 Å². The molecule has 0 spiro atoms. The first-order valence-electron chi connectivity index (χ1n) is 8.56. The third-order valence-corrected chi connectivity index (χ3v) is 4.54. The molecule has 1 saturated heterocycles. The van der Waals surface area contributed by atoms with Crippen molar-refractivity contribution in [1.82, 2.24) is 20.4 Å². The van der Waals surface area contributed by atoms with E-state index in [2.05, 4.69) is 22.7 Å². The molecule has 8 heteroatoms. The number of hydrogen-bond donors (Lipinski definition) is 2. The van der Waals surface area contributed by atoms with Gasteiger partial charge in [0.2, 0.25) is 5.91 Å². The van der Waals surface area contributed by atoms with Crippen LogP contribution in [0.4, 0.5) is 13.2 Å². The van der Waals surface area contributed by atoms with Gasteiger partial charge in [-0.15, -0.1) is 0 Å². The summed E-state index contributed by atoms with van der Waals surface area (Å²) in [4.78, 5) is 12.2. The zero-order valence-corrected chi connectivity index (χ0v) is 14.4. The summed E-state index contributed by atoms with van der Waals surface area (Å²) in [6, 6.07) is 8.19. The molecule has 0 bridgehead atoms. The molecule has 3 rings (SSSR count). The molecule has 0 aliphatic carbocycles. The highest BCUT2D eigenvalue weighted by molar-refractivity contribution is 5.78. The maximum absolute atomic E-state index is 12.6. The van der Waals surface area contributed by atoms with Crippen LogP contribution in [-0.2, 0) is 17.5 Å². The third-order valence-electron chi connectivity index (χ3n) is 4.54. The number of hydrogen-bond acceptors (Lipinski definition) is 3. The van der Waals surface area contributed by atoms with Crippen LogP contribution in [0.3, 0.4) is 0 Å². The van der Waals surface area contributed by atoms with Gasteiger partial charge in [-0.3, -0.25) is 4.79 Å². The summed E-state index contributed by atoms with van der Waals surface area (Å²) in [6.07, 6.45) is -1.53. The van der Waals surface area contributed by atoms with Crippen LogP contribution in [0.2, 0.25) is 0 Å². The van der Waals surface area contributed by atoms with Crippen LogP contribution in [0.25, 0.3) is 5.69 Å². The third kappa shape index (κ3) is 4.43. The summed E-state index contributed by atoms with van der Waals surface area (Å²) < 4.78 is 39.0. The molecular formula is C18H21F3N4O. The molecule has 0 unspecified atom stereocenters. The quantitative estimate of drug-likeness (QED) is 0.875. The average Bonchev–Trinajstić information content (AvgIpc) is 3.10. The number of piperidine rings is 1. The van der Waals surface area contributed by atoms with Crippen LogP contribution in [0, 0.1) is 5.92 Å². The normalized spacial score (nSPS) is 20.8. The van der Waals surface area contributed by atoms with Crippen molar-refractivity contribution in [3.8, 4) is 5.69 Å². The van der Waals surface area contributed by atoms with Crippen LogP contribution in [0.5, 0.6) is 0 Å². The fourth-order valence-electron chi connectivity index (χ4n) is 3.09. The Kier molecular flexibility index (Phi) is 5.31. The van der Waals surface area contributed by atoms with Crippen molar-refractivity contribution in [3.63, 3.8) is 0 Å². The fourth-order valence-corrected chi connectivity index (χ4v) is 3.09. The van der Waals surface area contributed by atoms with Gasteiger partial charge < -0.3 is 10.6 Å². The van der Waals surface area contributed by atoms with E-state index < -0.39 is 11.9 Å². The molecule has 1 aromatic carbocycles. The Bertz CT molecular complexity index is 755. The lowest BCUT2D eigenvalue weighted by Gasteiger charge is -2.27. The summed E-state index contributed by atoms with van der Waals surface area (Å²) in [5.41, 5.74) is 0.486. The zero-order chi connectivity index (χ0) is 18.7. The Balaban J connectivity index is 1.58. The highest BCUT2D eigenvalue weighted by atomic mass is 19.4. The molecule has 1 aliphatic heterocycles. The molecule has 1 fully saturated rings. The number of carbonyl (C=O) groups excluding carboxylic acids is 1. The highest BCUT2D eigenvalue weighted by Crippen LogP contribution is 2.27.